The average Bonchev–Trinajstić information content (AvgIpc) is 2.27. The van der Waals surface area contributed by atoms with Crippen LogP contribution in [-0.4, -0.2) is 17.8 Å². The van der Waals surface area contributed by atoms with Gasteiger partial charge in [-0.15, -0.1) is 0 Å². The minimum Gasteiger partial charge on any atom is -0.395 e. The van der Waals surface area contributed by atoms with Crippen molar-refractivity contribution in [2.75, 3.05) is 6.61 Å². The van der Waals surface area contributed by atoms with E-state index >= 15 is 0 Å². The molecule has 0 saturated carbocycles. The SMILES string of the molecule is CC(C)Cc1ccc(CNC(C)CO)cc1. The molecule has 0 heterocycles. The van der Waals surface area contributed by atoms with Crippen molar-refractivity contribution in [3.05, 3.63) is 35.4 Å². The van der Waals surface area contributed by atoms with Crippen molar-refractivity contribution in [3.8, 4) is 0 Å². The summed E-state index contributed by atoms with van der Waals surface area (Å²) in [5.74, 6) is 0.707. The predicted octanol–water partition coefficient (Wildman–Crippen LogP) is 2.36. The highest BCUT2D eigenvalue weighted by Crippen LogP contribution is 2.09. The molecule has 90 valence electrons. The fourth-order valence-corrected chi connectivity index (χ4v) is 1.62. The van der Waals surface area contributed by atoms with Gasteiger partial charge in [0, 0.05) is 12.6 Å². The van der Waals surface area contributed by atoms with Gasteiger partial charge in [-0.3, -0.25) is 0 Å². The first-order valence-electron chi connectivity index (χ1n) is 6.04. The Hall–Kier alpha value is -0.860. The highest BCUT2D eigenvalue weighted by Gasteiger charge is 2.00. The highest BCUT2D eigenvalue weighted by molar-refractivity contribution is 5.22. The maximum absolute atomic E-state index is 8.89. The summed E-state index contributed by atoms with van der Waals surface area (Å²) in [6, 6.07) is 8.88. The Labute approximate surface area is 98.7 Å². The molecule has 0 saturated heterocycles. The molecular weight excluding hydrogens is 198 g/mol. The minimum absolute atomic E-state index is 0.162. The minimum atomic E-state index is 0.162. The van der Waals surface area contributed by atoms with Crippen LogP contribution in [0.1, 0.15) is 31.9 Å². The van der Waals surface area contributed by atoms with Gasteiger partial charge in [0.2, 0.25) is 0 Å². The Kier molecular flexibility index (Phi) is 5.50. The molecule has 1 unspecified atom stereocenters. The Morgan fingerprint density at radius 2 is 1.62 bits per heavy atom. The summed E-state index contributed by atoms with van der Waals surface area (Å²) in [5.41, 5.74) is 2.67. The molecule has 0 aliphatic heterocycles. The van der Waals surface area contributed by atoms with Crippen molar-refractivity contribution in [3.63, 3.8) is 0 Å². The van der Waals surface area contributed by atoms with Crippen molar-refractivity contribution in [1.29, 1.82) is 0 Å². The second kappa shape index (κ2) is 6.66. The molecule has 0 fully saturated rings. The molecule has 0 radical (unpaired) electrons. The molecule has 1 atom stereocenters. The largest absolute Gasteiger partial charge is 0.395 e. The maximum Gasteiger partial charge on any atom is 0.0582 e. The van der Waals surface area contributed by atoms with Crippen LogP contribution in [0.3, 0.4) is 0 Å². The summed E-state index contributed by atoms with van der Waals surface area (Å²) < 4.78 is 0. The lowest BCUT2D eigenvalue weighted by Gasteiger charge is -2.11. The molecule has 2 heteroatoms. The number of rotatable bonds is 6. The lowest BCUT2D eigenvalue weighted by molar-refractivity contribution is 0.251. The topological polar surface area (TPSA) is 32.3 Å². The van der Waals surface area contributed by atoms with Gasteiger partial charge in [-0.2, -0.15) is 0 Å². The van der Waals surface area contributed by atoms with E-state index in [-0.39, 0.29) is 12.6 Å². The summed E-state index contributed by atoms with van der Waals surface area (Å²) in [6.45, 7) is 7.46. The fraction of sp³-hybridized carbons (Fsp3) is 0.571. The Morgan fingerprint density at radius 1 is 1.06 bits per heavy atom. The molecule has 0 amide bonds. The summed E-state index contributed by atoms with van der Waals surface area (Å²) in [5, 5.41) is 12.2. The van der Waals surface area contributed by atoms with Crippen LogP contribution < -0.4 is 5.32 Å². The first kappa shape index (κ1) is 13.2. The standard InChI is InChI=1S/C14H23NO/c1-11(2)8-13-4-6-14(7-5-13)9-15-12(3)10-16/h4-7,11-12,15-16H,8-10H2,1-3H3. The molecule has 1 aromatic rings. The van der Waals surface area contributed by atoms with Crippen molar-refractivity contribution in [2.45, 2.75) is 39.8 Å². The molecule has 0 spiro atoms. The van der Waals surface area contributed by atoms with Gasteiger partial charge in [0.15, 0.2) is 0 Å². The zero-order valence-electron chi connectivity index (χ0n) is 10.5. The molecule has 2 N–H and O–H groups in total. The molecule has 0 bridgehead atoms. The van der Waals surface area contributed by atoms with Gasteiger partial charge in [-0.25, -0.2) is 0 Å². The molecule has 1 rings (SSSR count). The van der Waals surface area contributed by atoms with Crippen LogP contribution in [0.25, 0.3) is 0 Å². The van der Waals surface area contributed by atoms with E-state index < -0.39 is 0 Å². The summed E-state index contributed by atoms with van der Waals surface area (Å²) in [6.07, 6.45) is 1.14. The third-order valence-electron chi connectivity index (χ3n) is 2.60. The smallest absolute Gasteiger partial charge is 0.0582 e. The van der Waals surface area contributed by atoms with Crippen LogP contribution in [-0.2, 0) is 13.0 Å². The van der Waals surface area contributed by atoms with E-state index in [1.807, 2.05) is 6.92 Å². The van der Waals surface area contributed by atoms with Crippen molar-refractivity contribution < 1.29 is 5.11 Å². The molecule has 0 aliphatic carbocycles. The van der Waals surface area contributed by atoms with Crippen LogP contribution in [0, 0.1) is 5.92 Å². The van der Waals surface area contributed by atoms with Gasteiger partial charge in [-0.05, 0) is 30.4 Å². The second-order valence-corrected chi connectivity index (χ2v) is 4.88. The zero-order chi connectivity index (χ0) is 12.0. The van der Waals surface area contributed by atoms with Crippen LogP contribution in [0.2, 0.25) is 0 Å². The second-order valence-electron chi connectivity index (χ2n) is 4.88. The van der Waals surface area contributed by atoms with Crippen molar-refractivity contribution >= 4 is 0 Å². The van der Waals surface area contributed by atoms with E-state index in [4.69, 9.17) is 5.11 Å². The van der Waals surface area contributed by atoms with Crippen molar-refractivity contribution in [2.24, 2.45) is 5.92 Å². The Bertz CT molecular complexity index is 292. The first-order valence-corrected chi connectivity index (χ1v) is 6.04. The van der Waals surface area contributed by atoms with Crippen molar-refractivity contribution in [1.82, 2.24) is 5.32 Å². The number of aliphatic hydroxyl groups is 1. The van der Waals surface area contributed by atoms with Gasteiger partial charge in [0.25, 0.3) is 0 Å². The average molecular weight is 221 g/mol. The zero-order valence-corrected chi connectivity index (χ0v) is 10.5. The van der Waals surface area contributed by atoms with Gasteiger partial charge in [0.1, 0.15) is 0 Å². The van der Waals surface area contributed by atoms with E-state index in [2.05, 4.69) is 43.4 Å². The van der Waals surface area contributed by atoms with E-state index in [1.165, 1.54) is 11.1 Å². The van der Waals surface area contributed by atoms with E-state index in [0.717, 1.165) is 13.0 Å². The molecule has 16 heavy (non-hydrogen) atoms. The Morgan fingerprint density at radius 3 is 2.12 bits per heavy atom. The van der Waals surface area contributed by atoms with Crippen LogP contribution in [0.4, 0.5) is 0 Å². The van der Waals surface area contributed by atoms with Crippen LogP contribution >= 0.6 is 0 Å². The predicted molar refractivity (Wildman–Crippen MR) is 68.4 cm³/mol. The molecular formula is C14H23NO. The summed E-state index contributed by atoms with van der Waals surface area (Å²) in [7, 11) is 0. The quantitative estimate of drug-likeness (QED) is 0.773. The fourth-order valence-electron chi connectivity index (χ4n) is 1.62. The number of hydrogen-bond acceptors (Lipinski definition) is 2. The lowest BCUT2D eigenvalue weighted by Crippen LogP contribution is -2.28. The molecule has 0 aromatic heterocycles. The van der Waals surface area contributed by atoms with E-state index in [0.29, 0.717) is 5.92 Å². The van der Waals surface area contributed by atoms with E-state index in [9.17, 15) is 0 Å². The summed E-state index contributed by atoms with van der Waals surface area (Å²) >= 11 is 0. The van der Waals surface area contributed by atoms with Crippen LogP contribution in [0.15, 0.2) is 24.3 Å². The van der Waals surface area contributed by atoms with Gasteiger partial charge < -0.3 is 10.4 Å². The third-order valence-corrected chi connectivity index (χ3v) is 2.60. The molecule has 0 aliphatic rings. The number of aliphatic hydroxyl groups excluding tert-OH is 1. The summed E-state index contributed by atoms with van der Waals surface area (Å²) in [4.78, 5) is 0. The maximum atomic E-state index is 8.89. The normalized spacial score (nSPS) is 13.1. The van der Waals surface area contributed by atoms with E-state index in [1.54, 1.807) is 0 Å². The monoisotopic (exact) mass is 221 g/mol. The molecule has 2 nitrogen and oxygen atoms in total. The number of hydrogen-bond donors (Lipinski definition) is 2. The van der Waals surface area contributed by atoms with Crippen LogP contribution in [0.5, 0.6) is 0 Å². The third kappa shape index (κ3) is 4.77. The first-order chi connectivity index (χ1) is 7.61. The van der Waals surface area contributed by atoms with Gasteiger partial charge >= 0.3 is 0 Å². The Balaban J connectivity index is 2.45. The molecule has 1 aromatic carbocycles. The van der Waals surface area contributed by atoms with Gasteiger partial charge in [0.05, 0.1) is 6.61 Å². The van der Waals surface area contributed by atoms with Gasteiger partial charge in [-0.1, -0.05) is 38.1 Å². The number of benzene rings is 1. The number of nitrogens with one attached hydrogen (secondary N) is 1. The lowest BCUT2D eigenvalue weighted by atomic mass is 10.0. The highest BCUT2D eigenvalue weighted by atomic mass is 16.3.